The molecular weight excluding hydrogens is 334 g/mol. The predicted molar refractivity (Wildman–Crippen MR) is 103 cm³/mol. The maximum Gasteiger partial charge on any atom is 0.354 e. The Morgan fingerprint density at radius 3 is 2.68 bits per heavy atom. The first-order valence-electron chi connectivity index (χ1n) is 8.21. The highest BCUT2D eigenvalue weighted by Gasteiger charge is 2.24. The summed E-state index contributed by atoms with van der Waals surface area (Å²) in [5, 5.41) is 10.2. The molecule has 1 aromatic rings. The average Bonchev–Trinajstić information content (AvgIpc) is 2.62. The molecule has 1 heterocycles. The number of hydrogen-bond donors (Lipinski definition) is 1. The fraction of sp³-hybridized carbons (Fsp3) is 0.250. The number of aliphatic hydroxyl groups is 1. The van der Waals surface area contributed by atoms with Gasteiger partial charge >= 0.3 is 5.97 Å². The minimum Gasteiger partial charge on any atom is -0.506 e. The molecule has 1 aliphatic rings. The zero-order valence-electron chi connectivity index (χ0n) is 14.6. The molecule has 0 saturated heterocycles. The zero-order chi connectivity index (χ0) is 18.2. The lowest BCUT2D eigenvalue weighted by molar-refractivity contribution is -0.139. The Morgan fingerprint density at radius 2 is 2.04 bits per heavy atom. The standard InChI is InChI=1S/C20H23NO3S/c1-4-9-18(20(23)24-5-2)21-13-17(12-19(22)15(21)3)25-14-16-10-7-6-8-11-16/h6-13,22H,3-5,14H2,1-2H3/b18-9-. The van der Waals surface area contributed by atoms with Gasteiger partial charge in [0.05, 0.1) is 12.3 Å². The maximum absolute atomic E-state index is 12.3. The number of nitrogens with zero attached hydrogens (tertiary/aromatic N) is 1. The van der Waals surface area contributed by atoms with Crippen LogP contribution in [-0.2, 0) is 15.3 Å². The fourth-order valence-corrected chi connectivity index (χ4v) is 3.20. The van der Waals surface area contributed by atoms with Crippen molar-refractivity contribution in [1.29, 1.82) is 0 Å². The zero-order valence-corrected chi connectivity index (χ0v) is 15.4. The smallest absolute Gasteiger partial charge is 0.354 e. The van der Waals surface area contributed by atoms with Crippen LogP contribution >= 0.6 is 11.8 Å². The lowest BCUT2D eigenvalue weighted by Crippen LogP contribution is -2.26. The van der Waals surface area contributed by atoms with E-state index in [0.717, 1.165) is 10.7 Å². The summed E-state index contributed by atoms with van der Waals surface area (Å²) in [6.45, 7) is 7.88. The van der Waals surface area contributed by atoms with Crippen LogP contribution in [0.4, 0.5) is 0 Å². The third-order valence-electron chi connectivity index (χ3n) is 3.51. The molecule has 0 atom stereocenters. The molecule has 0 bridgehead atoms. The van der Waals surface area contributed by atoms with E-state index < -0.39 is 5.97 Å². The highest BCUT2D eigenvalue weighted by Crippen LogP contribution is 2.32. The molecule has 1 aliphatic heterocycles. The number of carbonyl (C=O) groups excluding carboxylic acids is 1. The van der Waals surface area contributed by atoms with Crippen LogP contribution in [0.2, 0.25) is 0 Å². The molecule has 0 spiro atoms. The minimum atomic E-state index is -0.427. The summed E-state index contributed by atoms with van der Waals surface area (Å²) in [7, 11) is 0. The number of aliphatic hydroxyl groups excluding tert-OH is 1. The molecular formula is C20H23NO3S. The molecule has 0 amide bonds. The molecule has 0 saturated carbocycles. The van der Waals surface area contributed by atoms with E-state index in [1.54, 1.807) is 35.7 Å². The van der Waals surface area contributed by atoms with E-state index in [4.69, 9.17) is 4.74 Å². The summed E-state index contributed by atoms with van der Waals surface area (Å²) in [5.74, 6) is 0.386. The summed E-state index contributed by atoms with van der Waals surface area (Å²) in [5.41, 5.74) is 1.91. The Kier molecular flexibility index (Phi) is 6.95. The molecule has 0 fully saturated rings. The van der Waals surface area contributed by atoms with Crippen LogP contribution in [0.5, 0.6) is 0 Å². The van der Waals surface area contributed by atoms with Crippen LogP contribution < -0.4 is 0 Å². The Bertz CT molecular complexity index is 720. The number of hydrogen-bond acceptors (Lipinski definition) is 5. The first kappa shape index (κ1) is 18.9. The summed E-state index contributed by atoms with van der Waals surface area (Å²) < 4.78 is 5.13. The molecule has 0 unspecified atom stereocenters. The average molecular weight is 357 g/mol. The van der Waals surface area contributed by atoms with E-state index in [0.29, 0.717) is 24.4 Å². The molecule has 0 aromatic heterocycles. The van der Waals surface area contributed by atoms with Crippen LogP contribution in [0.15, 0.2) is 77.3 Å². The summed E-state index contributed by atoms with van der Waals surface area (Å²) >= 11 is 1.58. The van der Waals surface area contributed by atoms with Gasteiger partial charge < -0.3 is 14.7 Å². The van der Waals surface area contributed by atoms with Crippen LogP contribution in [-0.4, -0.2) is 22.6 Å². The normalized spacial score (nSPS) is 14.9. The molecule has 1 aromatic carbocycles. The topological polar surface area (TPSA) is 49.8 Å². The SMILES string of the molecule is C=C1C(O)=CC(SCc2ccccc2)=CN1/C(=C\CC)C(=O)OCC. The fourth-order valence-electron chi connectivity index (χ4n) is 2.30. The van der Waals surface area contributed by atoms with Crippen LogP contribution in [0.1, 0.15) is 25.8 Å². The highest BCUT2D eigenvalue weighted by atomic mass is 32.2. The number of carbonyl (C=O) groups is 1. The van der Waals surface area contributed by atoms with Crippen molar-refractivity contribution in [2.45, 2.75) is 26.0 Å². The van der Waals surface area contributed by atoms with Crippen LogP contribution in [0.25, 0.3) is 0 Å². The lowest BCUT2D eigenvalue weighted by Gasteiger charge is -2.28. The van der Waals surface area contributed by atoms with Gasteiger partial charge in [0.25, 0.3) is 0 Å². The molecule has 25 heavy (non-hydrogen) atoms. The van der Waals surface area contributed by atoms with Crippen molar-refractivity contribution < 1.29 is 14.6 Å². The molecule has 5 heteroatoms. The number of esters is 1. The second-order valence-electron chi connectivity index (χ2n) is 5.37. The van der Waals surface area contributed by atoms with E-state index >= 15 is 0 Å². The summed E-state index contributed by atoms with van der Waals surface area (Å²) in [6, 6.07) is 10.1. The molecule has 0 aliphatic carbocycles. The van der Waals surface area contributed by atoms with Crippen molar-refractivity contribution in [3.63, 3.8) is 0 Å². The van der Waals surface area contributed by atoms with Crippen molar-refractivity contribution in [3.8, 4) is 0 Å². The molecule has 4 nitrogen and oxygen atoms in total. The second-order valence-corrected chi connectivity index (χ2v) is 6.42. The third-order valence-corrected chi connectivity index (χ3v) is 4.55. The lowest BCUT2D eigenvalue weighted by atomic mass is 10.2. The van der Waals surface area contributed by atoms with Crippen molar-refractivity contribution in [2.24, 2.45) is 0 Å². The van der Waals surface area contributed by atoms with Crippen molar-refractivity contribution in [2.75, 3.05) is 6.61 Å². The van der Waals surface area contributed by atoms with Gasteiger partial charge in [0.1, 0.15) is 11.5 Å². The minimum absolute atomic E-state index is 0.0457. The molecule has 2 rings (SSSR count). The number of thioether (sulfide) groups is 1. The first-order valence-corrected chi connectivity index (χ1v) is 9.20. The van der Waals surface area contributed by atoms with Gasteiger partial charge in [0, 0.05) is 16.9 Å². The maximum atomic E-state index is 12.3. The van der Waals surface area contributed by atoms with Gasteiger partial charge in [0.15, 0.2) is 0 Å². The third kappa shape index (κ3) is 5.03. The summed E-state index contributed by atoms with van der Waals surface area (Å²) in [4.78, 5) is 14.7. The van der Waals surface area contributed by atoms with E-state index in [-0.39, 0.29) is 5.76 Å². The van der Waals surface area contributed by atoms with E-state index in [1.165, 1.54) is 5.56 Å². The monoisotopic (exact) mass is 357 g/mol. The van der Waals surface area contributed by atoms with E-state index in [9.17, 15) is 9.90 Å². The molecule has 132 valence electrons. The van der Waals surface area contributed by atoms with E-state index in [2.05, 4.69) is 18.7 Å². The van der Waals surface area contributed by atoms with Gasteiger partial charge in [-0.15, -0.1) is 11.8 Å². The van der Waals surface area contributed by atoms with Gasteiger partial charge in [-0.1, -0.05) is 49.9 Å². The first-order chi connectivity index (χ1) is 12.1. The van der Waals surface area contributed by atoms with Gasteiger partial charge in [-0.2, -0.15) is 0 Å². The Balaban J connectivity index is 2.22. The second kappa shape index (κ2) is 9.18. The van der Waals surface area contributed by atoms with Gasteiger partial charge in [0.2, 0.25) is 0 Å². The van der Waals surface area contributed by atoms with Crippen molar-refractivity contribution in [1.82, 2.24) is 4.90 Å². The Labute approximate surface area is 153 Å². The number of benzene rings is 1. The number of rotatable bonds is 7. The Morgan fingerprint density at radius 1 is 1.32 bits per heavy atom. The number of allylic oxidation sites excluding steroid dienone is 2. The largest absolute Gasteiger partial charge is 0.506 e. The van der Waals surface area contributed by atoms with Gasteiger partial charge in [-0.3, -0.25) is 0 Å². The highest BCUT2D eigenvalue weighted by molar-refractivity contribution is 8.02. The predicted octanol–water partition coefficient (Wildman–Crippen LogP) is 4.89. The molecule has 0 radical (unpaired) electrons. The summed E-state index contributed by atoms with van der Waals surface area (Å²) in [6.07, 6.45) is 5.93. The molecule has 1 N–H and O–H groups in total. The Hall–Kier alpha value is -2.40. The number of ether oxygens (including phenoxy) is 1. The van der Waals surface area contributed by atoms with Crippen LogP contribution in [0, 0.1) is 0 Å². The quantitative estimate of drug-likeness (QED) is 0.556. The van der Waals surface area contributed by atoms with Gasteiger partial charge in [-0.25, -0.2) is 4.79 Å². The van der Waals surface area contributed by atoms with Crippen molar-refractivity contribution >= 4 is 17.7 Å². The van der Waals surface area contributed by atoms with E-state index in [1.807, 2.05) is 31.3 Å². The van der Waals surface area contributed by atoms with Gasteiger partial charge in [-0.05, 0) is 25.0 Å². The van der Waals surface area contributed by atoms with Crippen LogP contribution in [0.3, 0.4) is 0 Å². The van der Waals surface area contributed by atoms with Crippen molar-refractivity contribution in [3.05, 3.63) is 82.9 Å².